The highest BCUT2D eigenvalue weighted by Crippen LogP contribution is 2.12. The van der Waals surface area contributed by atoms with E-state index >= 15 is 0 Å². The quantitative estimate of drug-likeness (QED) is 0.0784. The number of aromatic hydroxyl groups is 1. The van der Waals surface area contributed by atoms with Crippen molar-refractivity contribution in [2.45, 2.75) is 57.7 Å². The van der Waals surface area contributed by atoms with Crippen LogP contribution in [0.4, 0.5) is 0 Å². The summed E-state index contributed by atoms with van der Waals surface area (Å²) in [5.41, 5.74) is 17.0. The number of carboxylic acid groups (broad SMARTS) is 1. The van der Waals surface area contributed by atoms with E-state index in [2.05, 4.69) is 20.9 Å². The zero-order valence-electron chi connectivity index (χ0n) is 20.6. The van der Waals surface area contributed by atoms with Crippen molar-refractivity contribution in [3.8, 4) is 5.75 Å². The maximum absolute atomic E-state index is 12.9. The Morgan fingerprint density at radius 1 is 1.03 bits per heavy atom. The number of guanidine groups is 1. The molecule has 0 spiro atoms. The summed E-state index contributed by atoms with van der Waals surface area (Å²) < 4.78 is 0. The maximum Gasteiger partial charge on any atom is 0.326 e. The molecule has 1 rings (SSSR count). The Morgan fingerprint density at radius 2 is 1.67 bits per heavy atom. The first-order chi connectivity index (χ1) is 16.9. The van der Waals surface area contributed by atoms with E-state index in [1.807, 2.05) is 13.8 Å². The second-order valence-corrected chi connectivity index (χ2v) is 8.47. The number of carbonyl (C=O) groups excluding carboxylic acids is 3. The number of aliphatic imine (C=N–C) groups is 1. The lowest BCUT2D eigenvalue weighted by molar-refractivity contribution is -0.142. The molecule has 0 aliphatic carbocycles. The van der Waals surface area contributed by atoms with E-state index in [0.29, 0.717) is 18.4 Å². The molecule has 0 saturated heterocycles. The van der Waals surface area contributed by atoms with Crippen LogP contribution in [0, 0.1) is 5.92 Å². The molecule has 0 saturated carbocycles. The molecule has 4 unspecified atom stereocenters. The van der Waals surface area contributed by atoms with Gasteiger partial charge in [0, 0.05) is 13.0 Å². The largest absolute Gasteiger partial charge is 0.508 e. The van der Waals surface area contributed by atoms with Crippen LogP contribution >= 0.6 is 0 Å². The Labute approximate surface area is 209 Å². The highest BCUT2D eigenvalue weighted by Gasteiger charge is 2.27. The minimum absolute atomic E-state index is 0.0235. The number of phenolic OH excluding ortho intramolecular Hbond substituents is 1. The van der Waals surface area contributed by atoms with Crippen molar-refractivity contribution >= 4 is 29.7 Å². The first-order valence-electron chi connectivity index (χ1n) is 11.6. The predicted octanol–water partition coefficient (Wildman–Crippen LogP) is -1.47. The topological polar surface area (TPSA) is 235 Å². The number of benzene rings is 1. The Hall–Kier alpha value is -3.87. The monoisotopic (exact) mass is 507 g/mol. The van der Waals surface area contributed by atoms with Crippen molar-refractivity contribution in [2.75, 3.05) is 13.1 Å². The molecule has 0 fully saturated rings. The number of nitrogens with two attached hydrogens (primary N) is 3. The number of amides is 3. The first kappa shape index (κ1) is 30.2. The van der Waals surface area contributed by atoms with Gasteiger partial charge in [-0.15, -0.1) is 0 Å². The number of nitrogens with one attached hydrogen (secondary N) is 3. The Bertz CT molecular complexity index is 918. The van der Waals surface area contributed by atoms with Crippen molar-refractivity contribution in [1.29, 1.82) is 0 Å². The lowest BCUT2D eigenvalue weighted by Gasteiger charge is -2.22. The van der Waals surface area contributed by atoms with Crippen molar-refractivity contribution in [3.05, 3.63) is 29.8 Å². The molecule has 36 heavy (non-hydrogen) atoms. The molecule has 0 bridgehead atoms. The van der Waals surface area contributed by atoms with Crippen LogP contribution in [0.3, 0.4) is 0 Å². The van der Waals surface area contributed by atoms with Gasteiger partial charge in [-0.2, -0.15) is 0 Å². The SMILES string of the molecule is CCC(C)C(N)C(=O)NCC(=O)NC(CCCN=C(N)N)C(=O)NC(Cc1ccc(O)cc1)C(=O)O. The van der Waals surface area contributed by atoms with Gasteiger partial charge in [0.25, 0.3) is 0 Å². The number of phenols is 1. The smallest absolute Gasteiger partial charge is 0.326 e. The van der Waals surface area contributed by atoms with E-state index in [1.165, 1.54) is 12.1 Å². The molecule has 0 radical (unpaired) electrons. The molecule has 13 nitrogen and oxygen atoms in total. The summed E-state index contributed by atoms with van der Waals surface area (Å²) in [6.07, 6.45) is 1.07. The minimum Gasteiger partial charge on any atom is -0.508 e. The van der Waals surface area contributed by atoms with Gasteiger partial charge in [-0.25, -0.2) is 4.79 Å². The second kappa shape index (κ2) is 15.2. The number of nitrogens with zero attached hydrogens (tertiary/aromatic N) is 1. The summed E-state index contributed by atoms with van der Waals surface area (Å²) in [7, 11) is 0. The number of rotatable bonds is 15. The van der Waals surface area contributed by atoms with Gasteiger partial charge < -0.3 is 43.4 Å². The molecule has 3 amide bonds. The fourth-order valence-corrected chi connectivity index (χ4v) is 3.16. The van der Waals surface area contributed by atoms with Crippen LogP contribution in [-0.2, 0) is 25.6 Å². The molecular formula is C23H37N7O6. The third-order valence-electron chi connectivity index (χ3n) is 5.57. The molecule has 13 heteroatoms. The van der Waals surface area contributed by atoms with Crippen LogP contribution in [-0.4, -0.2) is 71.1 Å². The third-order valence-corrected chi connectivity index (χ3v) is 5.57. The van der Waals surface area contributed by atoms with Gasteiger partial charge in [-0.05, 0) is 36.5 Å². The van der Waals surface area contributed by atoms with E-state index in [1.54, 1.807) is 12.1 Å². The van der Waals surface area contributed by atoms with Crippen LogP contribution in [0.15, 0.2) is 29.3 Å². The van der Waals surface area contributed by atoms with Gasteiger partial charge in [0.05, 0.1) is 12.6 Å². The summed E-state index contributed by atoms with van der Waals surface area (Å²) in [5.74, 6) is -3.31. The van der Waals surface area contributed by atoms with Crippen LogP contribution in [0.1, 0.15) is 38.7 Å². The number of carboxylic acids is 1. The van der Waals surface area contributed by atoms with Crippen molar-refractivity contribution < 1.29 is 29.4 Å². The minimum atomic E-state index is -1.28. The predicted molar refractivity (Wildman–Crippen MR) is 134 cm³/mol. The van der Waals surface area contributed by atoms with Crippen LogP contribution in [0.25, 0.3) is 0 Å². The summed E-state index contributed by atoms with van der Waals surface area (Å²) in [5, 5.41) is 26.4. The van der Waals surface area contributed by atoms with E-state index in [4.69, 9.17) is 17.2 Å². The molecule has 0 aliphatic heterocycles. The molecule has 4 atom stereocenters. The number of hydrogen-bond donors (Lipinski definition) is 8. The number of aliphatic carboxylic acids is 1. The zero-order valence-corrected chi connectivity index (χ0v) is 20.6. The molecule has 1 aromatic rings. The Kier molecular flexibility index (Phi) is 12.7. The standard InChI is InChI=1S/C23H37N7O6/c1-3-13(2)19(24)21(34)28-12-18(32)29-16(5-4-10-27-23(25)26)20(33)30-17(22(35)36)11-14-6-8-15(31)9-7-14/h6-9,13,16-17,19,31H,3-5,10-12,24H2,1-2H3,(H,28,34)(H,29,32)(H,30,33)(H,35,36)(H4,25,26,27). The van der Waals surface area contributed by atoms with Crippen molar-refractivity contribution in [1.82, 2.24) is 16.0 Å². The third kappa shape index (κ3) is 11.0. The normalized spacial score (nSPS) is 14.0. The average Bonchev–Trinajstić information content (AvgIpc) is 2.83. The van der Waals surface area contributed by atoms with Crippen LogP contribution < -0.4 is 33.2 Å². The number of hydrogen-bond acceptors (Lipinski definition) is 7. The van der Waals surface area contributed by atoms with Crippen molar-refractivity contribution in [3.63, 3.8) is 0 Å². The summed E-state index contributed by atoms with van der Waals surface area (Å²) in [6.45, 7) is 3.50. The van der Waals surface area contributed by atoms with Crippen molar-refractivity contribution in [2.24, 2.45) is 28.1 Å². The first-order valence-corrected chi connectivity index (χ1v) is 11.6. The highest BCUT2D eigenvalue weighted by molar-refractivity contribution is 5.92. The summed E-state index contributed by atoms with van der Waals surface area (Å²) in [6, 6.07) is 2.73. The van der Waals surface area contributed by atoms with Gasteiger partial charge >= 0.3 is 5.97 Å². The van der Waals surface area contributed by atoms with Gasteiger partial charge in [-0.1, -0.05) is 32.4 Å². The fourth-order valence-electron chi connectivity index (χ4n) is 3.16. The summed E-state index contributed by atoms with van der Waals surface area (Å²) >= 11 is 0. The van der Waals surface area contributed by atoms with Crippen LogP contribution in [0.2, 0.25) is 0 Å². The van der Waals surface area contributed by atoms with E-state index in [9.17, 15) is 29.4 Å². The van der Waals surface area contributed by atoms with Gasteiger partial charge in [0.1, 0.15) is 17.8 Å². The zero-order chi connectivity index (χ0) is 27.3. The molecule has 1 aromatic carbocycles. The second-order valence-electron chi connectivity index (χ2n) is 8.47. The molecule has 0 aliphatic rings. The van der Waals surface area contributed by atoms with Gasteiger partial charge in [-0.3, -0.25) is 19.4 Å². The van der Waals surface area contributed by atoms with Gasteiger partial charge in [0.15, 0.2) is 5.96 Å². The lowest BCUT2D eigenvalue weighted by atomic mass is 9.99. The molecule has 0 heterocycles. The van der Waals surface area contributed by atoms with E-state index in [-0.39, 0.29) is 37.0 Å². The Balaban J connectivity index is 2.85. The van der Waals surface area contributed by atoms with Crippen LogP contribution in [0.5, 0.6) is 5.75 Å². The highest BCUT2D eigenvalue weighted by atomic mass is 16.4. The van der Waals surface area contributed by atoms with Gasteiger partial charge in [0.2, 0.25) is 17.7 Å². The molecule has 11 N–H and O–H groups in total. The molecule has 0 aromatic heterocycles. The molecular weight excluding hydrogens is 470 g/mol. The lowest BCUT2D eigenvalue weighted by Crippen LogP contribution is -2.54. The van der Waals surface area contributed by atoms with E-state index in [0.717, 1.165) is 0 Å². The number of carbonyl (C=O) groups is 4. The molecule has 200 valence electrons. The maximum atomic E-state index is 12.9. The summed E-state index contributed by atoms with van der Waals surface area (Å²) in [4.78, 5) is 53.1. The fraction of sp³-hybridized carbons (Fsp3) is 0.522. The average molecular weight is 508 g/mol. The Morgan fingerprint density at radius 3 is 2.22 bits per heavy atom. The van der Waals surface area contributed by atoms with E-state index < -0.39 is 48.4 Å².